The molecule has 7 heteroatoms. The Balaban J connectivity index is 0. The molecule has 24 heavy (non-hydrogen) atoms. The number of halogens is 1. The molecule has 0 saturated carbocycles. The van der Waals surface area contributed by atoms with Crippen LogP contribution in [0.15, 0.2) is 4.99 Å². The van der Waals surface area contributed by atoms with Gasteiger partial charge in [0.15, 0.2) is 5.96 Å². The van der Waals surface area contributed by atoms with Gasteiger partial charge in [0.2, 0.25) is 0 Å². The first-order valence-corrected chi connectivity index (χ1v) is 8.91. The molecule has 0 aliphatic rings. The Hall–Kier alpha value is -0.570. The summed E-state index contributed by atoms with van der Waals surface area (Å²) in [6.07, 6.45) is 6.64. The Bertz CT molecular complexity index is 315. The predicted molar refractivity (Wildman–Crippen MR) is 110 cm³/mol. The third kappa shape index (κ3) is 17.8. The zero-order valence-corrected chi connectivity index (χ0v) is 17.9. The smallest absolute Gasteiger partial charge is 0.305 e. The summed E-state index contributed by atoms with van der Waals surface area (Å²) in [6.45, 7) is 8.32. The average Bonchev–Trinajstić information content (AvgIpc) is 2.56. The normalized spacial score (nSPS) is 10.9. The number of guanidine groups is 1. The minimum absolute atomic E-state index is 0. The molecule has 0 heterocycles. The van der Waals surface area contributed by atoms with Gasteiger partial charge in [0.05, 0.1) is 7.11 Å². The van der Waals surface area contributed by atoms with E-state index < -0.39 is 0 Å². The molecular formula is C17H36IN3O3. The Labute approximate surface area is 164 Å². The highest BCUT2D eigenvalue weighted by Crippen LogP contribution is 2.00. The molecule has 0 saturated heterocycles. The van der Waals surface area contributed by atoms with Gasteiger partial charge in [-0.25, -0.2) is 0 Å². The van der Waals surface area contributed by atoms with Gasteiger partial charge in [-0.1, -0.05) is 19.8 Å². The first-order valence-electron chi connectivity index (χ1n) is 8.91. The SMILES string of the molecule is CCCCOCCCN=C(NCC)NCCCCCC(=O)OC.I. The van der Waals surface area contributed by atoms with Crippen LogP contribution < -0.4 is 10.6 Å². The monoisotopic (exact) mass is 457 g/mol. The average molecular weight is 457 g/mol. The third-order valence-electron chi connectivity index (χ3n) is 3.28. The number of nitrogens with zero attached hydrogens (tertiary/aromatic N) is 1. The van der Waals surface area contributed by atoms with Crippen LogP contribution in [-0.4, -0.2) is 51.9 Å². The number of hydrogen-bond donors (Lipinski definition) is 2. The summed E-state index contributed by atoms with van der Waals surface area (Å²) >= 11 is 0. The van der Waals surface area contributed by atoms with Gasteiger partial charge >= 0.3 is 5.97 Å². The fraction of sp³-hybridized carbons (Fsp3) is 0.882. The van der Waals surface area contributed by atoms with Gasteiger partial charge in [0.25, 0.3) is 0 Å². The minimum Gasteiger partial charge on any atom is -0.469 e. The molecule has 0 amide bonds. The molecule has 0 radical (unpaired) electrons. The zero-order valence-electron chi connectivity index (χ0n) is 15.6. The maximum atomic E-state index is 11.0. The molecule has 0 aromatic heterocycles. The summed E-state index contributed by atoms with van der Waals surface area (Å²) in [5.74, 6) is 0.725. The van der Waals surface area contributed by atoms with Crippen LogP contribution in [0.25, 0.3) is 0 Å². The van der Waals surface area contributed by atoms with Crippen molar-refractivity contribution in [2.24, 2.45) is 4.99 Å². The van der Waals surface area contributed by atoms with Crippen molar-refractivity contribution in [1.82, 2.24) is 10.6 Å². The van der Waals surface area contributed by atoms with Crippen LogP contribution in [0.3, 0.4) is 0 Å². The summed E-state index contributed by atoms with van der Waals surface area (Å²) < 4.78 is 10.1. The highest BCUT2D eigenvalue weighted by Gasteiger charge is 2.00. The lowest BCUT2D eigenvalue weighted by Crippen LogP contribution is -2.37. The van der Waals surface area contributed by atoms with Crippen molar-refractivity contribution in [2.75, 3.05) is 40.0 Å². The van der Waals surface area contributed by atoms with Gasteiger partial charge in [-0.2, -0.15) is 0 Å². The lowest BCUT2D eigenvalue weighted by atomic mass is 10.2. The number of nitrogens with one attached hydrogen (secondary N) is 2. The zero-order chi connectivity index (χ0) is 17.2. The van der Waals surface area contributed by atoms with Crippen molar-refractivity contribution in [3.8, 4) is 0 Å². The number of unbranched alkanes of at least 4 members (excludes halogenated alkanes) is 3. The van der Waals surface area contributed by atoms with Crippen molar-refractivity contribution in [3.05, 3.63) is 0 Å². The predicted octanol–water partition coefficient (Wildman–Crippen LogP) is 3.10. The van der Waals surface area contributed by atoms with E-state index in [2.05, 4.69) is 34.2 Å². The molecule has 0 unspecified atom stereocenters. The van der Waals surface area contributed by atoms with Crippen molar-refractivity contribution in [2.45, 2.75) is 58.8 Å². The van der Waals surface area contributed by atoms with Crippen molar-refractivity contribution < 1.29 is 14.3 Å². The molecule has 0 fully saturated rings. The van der Waals surface area contributed by atoms with Gasteiger partial charge in [-0.15, -0.1) is 24.0 Å². The maximum Gasteiger partial charge on any atom is 0.305 e. The van der Waals surface area contributed by atoms with Gasteiger partial charge in [0, 0.05) is 39.3 Å². The molecular weight excluding hydrogens is 421 g/mol. The summed E-state index contributed by atoms with van der Waals surface area (Å²) in [7, 11) is 1.43. The summed E-state index contributed by atoms with van der Waals surface area (Å²) in [4.78, 5) is 15.5. The maximum absolute atomic E-state index is 11.0. The number of esters is 1. The van der Waals surface area contributed by atoms with Gasteiger partial charge in [-0.3, -0.25) is 9.79 Å². The third-order valence-corrected chi connectivity index (χ3v) is 3.28. The number of methoxy groups -OCH3 is 1. The number of rotatable bonds is 14. The molecule has 0 bridgehead atoms. The lowest BCUT2D eigenvalue weighted by molar-refractivity contribution is -0.140. The van der Waals surface area contributed by atoms with E-state index in [0.717, 1.165) is 70.9 Å². The summed E-state index contributed by atoms with van der Waals surface area (Å²) in [5, 5.41) is 6.55. The quantitative estimate of drug-likeness (QED) is 0.138. The van der Waals surface area contributed by atoms with Crippen molar-refractivity contribution in [1.29, 1.82) is 0 Å². The fourth-order valence-corrected chi connectivity index (χ4v) is 1.93. The number of carbonyl (C=O) groups excluding carboxylic acids is 1. The number of hydrogen-bond acceptors (Lipinski definition) is 4. The van der Waals surface area contributed by atoms with Crippen LogP contribution in [-0.2, 0) is 14.3 Å². The van der Waals surface area contributed by atoms with E-state index in [9.17, 15) is 4.79 Å². The van der Waals surface area contributed by atoms with Crippen LogP contribution in [0.2, 0.25) is 0 Å². The summed E-state index contributed by atoms with van der Waals surface area (Å²) in [6, 6.07) is 0. The molecule has 0 aliphatic heterocycles. The summed E-state index contributed by atoms with van der Waals surface area (Å²) in [5.41, 5.74) is 0. The second kappa shape index (κ2) is 20.5. The standard InChI is InChI=1S/C17H35N3O3.HI/c1-4-6-14-23-15-10-13-20-17(18-5-2)19-12-9-7-8-11-16(21)22-3;/h4-15H2,1-3H3,(H2,18,19,20);1H. The Morgan fingerprint density at radius 3 is 2.42 bits per heavy atom. The van der Waals surface area contributed by atoms with Crippen LogP contribution in [0.4, 0.5) is 0 Å². The molecule has 0 rings (SSSR count). The van der Waals surface area contributed by atoms with E-state index in [1.807, 2.05) is 0 Å². The minimum atomic E-state index is -0.131. The van der Waals surface area contributed by atoms with E-state index in [1.54, 1.807) is 0 Å². The number of carbonyl (C=O) groups is 1. The molecule has 0 spiro atoms. The Morgan fingerprint density at radius 1 is 1.00 bits per heavy atom. The van der Waals surface area contributed by atoms with Crippen molar-refractivity contribution in [3.63, 3.8) is 0 Å². The molecule has 0 aromatic rings. The second-order valence-electron chi connectivity index (χ2n) is 5.39. The Morgan fingerprint density at radius 2 is 1.75 bits per heavy atom. The number of ether oxygens (including phenoxy) is 2. The topological polar surface area (TPSA) is 72.0 Å². The van der Waals surface area contributed by atoms with Gasteiger partial charge in [0.1, 0.15) is 0 Å². The van der Waals surface area contributed by atoms with Crippen molar-refractivity contribution >= 4 is 35.9 Å². The fourth-order valence-electron chi connectivity index (χ4n) is 1.93. The van der Waals surface area contributed by atoms with E-state index in [4.69, 9.17) is 4.74 Å². The molecule has 0 aliphatic carbocycles. The highest BCUT2D eigenvalue weighted by atomic mass is 127. The van der Waals surface area contributed by atoms with Gasteiger partial charge < -0.3 is 20.1 Å². The molecule has 144 valence electrons. The van der Waals surface area contributed by atoms with Crippen LogP contribution >= 0.6 is 24.0 Å². The van der Waals surface area contributed by atoms with Crippen LogP contribution in [0, 0.1) is 0 Å². The first-order chi connectivity index (χ1) is 11.2. The van der Waals surface area contributed by atoms with E-state index in [-0.39, 0.29) is 29.9 Å². The first kappa shape index (κ1) is 25.7. The highest BCUT2D eigenvalue weighted by molar-refractivity contribution is 14.0. The number of aliphatic imine (C=N–C) groups is 1. The largest absolute Gasteiger partial charge is 0.469 e. The van der Waals surface area contributed by atoms with E-state index in [1.165, 1.54) is 13.5 Å². The molecule has 6 nitrogen and oxygen atoms in total. The van der Waals surface area contributed by atoms with E-state index >= 15 is 0 Å². The molecule has 0 aromatic carbocycles. The molecule has 0 atom stereocenters. The van der Waals surface area contributed by atoms with Crippen LogP contribution in [0.5, 0.6) is 0 Å². The second-order valence-corrected chi connectivity index (χ2v) is 5.39. The van der Waals surface area contributed by atoms with Gasteiger partial charge in [-0.05, 0) is 32.6 Å². The lowest BCUT2D eigenvalue weighted by Gasteiger charge is -2.11. The Kier molecular flexibility index (Phi) is 21.9. The van der Waals surface area contributed by atoms with E-state index in [0.29, 0.717) is 6.42 Å². The molecule has 2 N–H and O–H groups in total. The van der Waals surface area contributed by atoms with Crippen LogP contribution in [0.1, 0.15) is 58.8 Å².